The molecule has 2 heterocycles. The molecule has 0 saturated carbocycles. The largest absolute Gasteiger partial charge is 0.461 e. The molecule has 0 saturated heterocycles. The van der Waals surface area contributed by atoms with Crippen molar-refractivity contribution < 1.29 is 13.7 Å². The number of hydrogen-bond donors (Lipinski definition) is 1. The van der Waals surface area contributed by atoms with Crippen molar-refractivity contribution in [3.8, 4) is 11.6 Å². The quantitative estimate of drug-likeness (QED) is 0.713. The van der Waals surface area contributed by atoms with Gasteiger partial charge in [-0.15, -0.1) is 0 Å². The maximum atomic E-state index is 12.3. The zero-order valence-electron chi connectivity index (χ0n) is 15.4. The summed E-state index contributed by atoms with van der Waals surface area (Å²) in [6, 6.07) is 10.1. The fourth-order valence-corrected chi connectivity index (χ4v) is 3.50. The smallest absolute Gasteiger partial charge is 0.238 e. The van der Waals surface area contributed by atoms with Gasteiger partial charge in [0.25, 0.3) is 0 Å². The van der Waals surface area contributed by atoms with Crippen LogP contribution in [0.15, 0.2) is 45.5 Å². The number of fused-ring (bicyclic) bond motifs is 1. The molecule has 1 amide bonds. The van der Waals surface area contributed by atoms with Crippen molar-refractivity contribution in [3.63, 3.8) is 0 Å². The van der Waals surface area contributed by atoms with Crippen LogP contribution in [-0.2, 0) is 24.1 Å². The first-order valence-corrected chi connectivity index (χ1v) is 9.46. The molecule has 3 aromatic rings. The third-order valence-corrected chi connectivity index (χ3v) is 5.03. The van der Waals surface area contributed by atoms with Crippen LogP contribution in [0.5, 0.6) is 0 Å². The number of aryl methyl sites for hydroxylation is 3. The van der Waals surface area contributed by atoms with Gasteiger partial charge >= 0.3 is 0 Å². The number of nitrogens with zero attached hydrogens (tertiary/aromatic N) is 2. The Hall–Kier alpha value is -2.89. The lowest BCUT2D eigenvalue weighted by Crippen LogP contribution is -2.27. The predicted octanol–water partition coefficient (Wildman–Crippen LogP) is 4.02. The predicted molar refractivity (Wildman–Crippen MR) is 100.0 cm³/mol. The first kappa shape index (κ1) is 17.5. The molecule has 1 aliphatic rings. The van der Waals surface area contributed by atoms with Gasteiger partial charge in [0.1, 0.15) is 0 Å². The summed E-state index contributed by atoms with van der Waals surface area (Å²) >= 11 is 0. The number of nitrogens with one attached hydrogen (secondary N) is 1. The van der Waals surface area contributed by atoms with Gasteiger partial charge in [-0.25, -0.2) is 0 Å². The lowest BCUT2D eigenvalue weighted by molar-refractivity contribution is -0.121. The van der Waals surface area contributed by atoms with Crippen LogP contribution in [0.25, 0.3) is 11.6 Å². The van der Waals surface area contributed by atoms with Crippen LogP contribution >= 0.6 is 0 Å². The standard InChI is InChI=1S/C21H23N3O3/c1-14(16-9-8-15-5-2-3-6-17(15)13-16)22-19(25)10-11-20-23-21(24-27-20)18-7-4-12-26-18/h4,7-9,12-14H,2-3,5-6,10-11H2,1H3,(H,22,25). The summed E-state index contributed by atoms with van der Waals surface area (Å²) in [4.78, 5) is 16.6. The molecule has 2 aromatic heterocycles. The molecule has 6 heteroatoms. The number of aromatic nitrogens is 2. The highest BCUT2D eigenvalue weighted by Crippen LogP contribution is 2.25. The summed E-state index contributed by atoms with van der Waals surface area (Å²) in [6.07, 6.45) is 7.09. The van der Waals surface area contributed by atoms with Crippen molar-refractivity contribution in [1.29, 1.82) is 0 Å². The average Bonchev–Trinajstić information content (AvgIpc) is 3.37. The van der Waals surface area contributed by atoms with E-state index in [1.165, 1.54) is 30.4 Å². The topological polar surface area (TPSA) is 81.2 Å². The first-order valence-electron chi connectivity index (χ1n) is 9.46. The zero-order valence-corrected chi connectivity index (χ0v) is 15.4. The van der Waals surface area contributed by atoms with Gasteiger partial charge in [-0.2, -0.15) is 4.98 Å². The summed E-state index contributed by atoms with van der Waals surface area (Å²) in [5, 5.41) is 6.93. The number of hydrogen-bond acceptors (Lipinski definition) is 5. The number of amides is 1. The van der Waals surface area contributed by atoms with E-state index >= 15 is 0 Å². The van der Waals surface area contributed by atoms with E-state index in [4.69, 9.17) is 8.94 Å². The third kappa shape index (κ3) is 4.10. The van der Waals surface area contributed by atoms with Crippen molar-refractivity contribution in [2.45, 2.75) is 51.5 Å². The number of furan rings is 1. The molecule has 27 heavy (non-hydrogen) atoms. The lowest BCUT2D eigenvalue weighted by atomic mass is 9.89. The minimum atomic E-state index is -0.0297. The Morgan fingerprint density at radius 1 is 1.22 bits per heavy atom. The molecule has 0 aliphatic heterocycles. The van der Waals surface area contributed by atoms with Crippen molar-refractivity contribution >= 4 is 5.91 Å². The Bertz CT molecular complexity index is 915. The molecule has 1 unspecified atom stereocenters. The Balaban J connectivity index is 1.31. The fraction of sp³-hybridized carbons (Fsp3) is 0.381. The monoisotopic (exact) mass is 365 g/mol. The van der Waals surface area contributed by atoms with Crippen LogP contribution in [0.1, 0.15) is 54.8 Å². The molecular formula is C21H23N3O3. The van der Waals surface area contributed by atoms with Gasteiger partial charge in [-0.05, 0) is 61.4 Å². The molecule has 0 spiro atoms. The van der Waals surface area contributed by atoms with Gasteiger partial charge < -0.3 is 14.3 Å². The van der Waals surface area contributed by atoms with Crippen LogP contribution in [0.4, 0.5) is 0 Å². The van der Waals surface area contributed by atoms with Crippen LogP contribution in [0.3, 0.4) is 0 Å². The highest BCUT2D eigenvalue weighted by atomic mass is 16.5. The number of carbonyl (C=O) groups is 1. The van der Waals surface area contributed by atoms with Gasteiger partial charge in [-0.1, -0.05) is 23.4 Å². The highest BCUT2D eigenvalue weighted by molar-refractivity contribution is 5.76. The van der Waals surface area contributed by atoms with Crippen molar-refractivity contribution in [1.82, 2.24) is 15.5 Å². The van der Waals surface area contributed by atoms with Gasteiger partial charge in [0, 0.05) is 12.8 Å². The molecule has 4 rings (SSSR count). The SMILES string of the molecule is CC(NC(=O)CCc1nc(-c2ccco2)no1)c1ccc2c(c1)CCCC2. The van der Waals surface area contributed by atoms with Crippen LogP contribution in [0, 0.1) is 0 Å². The second-order valence-electron chi connectivity index (χ2n) is 7.01. The van der Waals surface area contributed by atoms with Gasteiger partial charge in [0.2, 0.25) is 17.6 Å². The van der Waals surface area contributed by atoms with Crippen LogP contribution in [0.2, 0.25) is 0 Å². The highest BCUT2D eigenvalue weighted by Gasteiger charge is 2.16. The Labute approximate surface area is 158 Å². The van der Waals surface area contributed by atoms with E-state index in [9.17, 15) is 4.79 Å². The van der Waals surface area contributed by atoms with E-state index < -0.39 is 0 Å². The van der Waals surface area contributed by atoms with Crippen LogP contribution in [-0.4, -0.2) is 16.0 Å². The van der Waals surface area contributed by atoms with E-state index in [1.54, 1.807) is 18.4 Å². The molecule has 0 fully saturated rings. The van der Waals surface area contributed by atoms with E-state index in [-0.39, 0.29) is 11.9 Å². The van der Waals surface area contributed by atoms with Crippen molar-refractivity contribution in [2.75, 3.05) is 0 Å². The summed E-state index contributed by atoms with van der Waals surface area (Å²) < 4.78 is 10.4. The summed E-state index contributed by atoms with van der Waals surface area (Å²) in [6.45, 7) is 2.02. The minimum Gasteiger partial charge on any atom is -0.461 e. The maximum absolute atomic E-state index is 12.3. The van der Waals surface area contributed by atoms with E-state index in [0.29, 0.717) is 30.3 Å². The molecule has 1 N–H and O–H groups in total. The Morgan fingerprint density at radius 2 is 2.07 bits per heavy atom. The zero-order chi connectivity index (χ0) is 18.6. The maximum Gasteiger partial charge on any atom is 0.238 e. The fourth-order valence-electron chi connectivity index (χ4n) is 3.50. The number of carbonyl (C=O) groups excluding carboxylic acids is 1. The normalized spacial score (nSPS) is 14.6. The molecule has 0 radical (unpaired) electrons. The van der Waals surface area contributed by atoms with E-state index in [2.05, 4.69) is 33.7 Å². The molecule has 0 bridgehead atoms. The Kier molecular flexibility index (Phi) is 5.05. The lowest BCUT2D eigenvalue weighted by Gasteiger charge is -2.20. The molecule has 140 valence electrons. The molecule has 1 aliphatic carbocycles. The summed E-state index contributed by atoms with van der Waals surface area (Å²) in [5.74, 6) is 1.35. The molecule has 1 atom stereocenters. The molecule has 6 nitrogen and oxygen atoms in total. The van der Waals surface area contributed by atoms with Gasteiger partial charge in [0.05, 0.1) is 12.3 Å². The molecular weight excluding hydrogens is 342 g/mol. The average molecular weight is 365 g/mol. The first-order chi connectivity index (χ1) is 13.2. The van der Waals surface area contributed by atoms with Crippen molar-refractivity contribution in [2.24, 2.45) is 0 Å². The summed E-state index contributed by atoms with van der Waals surface area (Å²) in [7, 11) is 0. The molecule has 1 aromatic carbocycles. The number of rotatable bonds is 6. The van der Waals surface area contributed by atoms with Gasteiger partial charge in [0.15, 0.2) is 5.76 Å². The van der Waals surface area contributed by atoms with Crippen molar-refractivity contribution in [3.05, 3.63) is 59.2 Å². The second kappa shape index (κ2) is 7.78. The van der Waals surface area contributed by atoms with E-state index in [0.717, 1.165) is 12.0 Å². The van der Waals surface area contributed by atoms with Gasteiger partial charge in [-0.3, -0.25) is 4.79 Å². The minimum absolute atomic E-state index is 0.0221. The second-order valence-corrected chi connectivity index (χ2v) is 7.01. The summed E-state index contributed by atoms with van der Waals surface area (Å²) in [5.41, 5.74) is 4.03. The third-order valence-electron chi connectivity index (χ3n) is 5.03. The van der Waals surface area contributed by atoms with E-state index in [1.807, 2.05) is 6.92 Å². The van der Waals surface area contributed by atoms with Crippen LogP contribution < -0.4 is 5.32 Å². The Morgan fingerprint density at radius 3 is 2.89 bits per heavy atom. The number of benzene rings is 1.